The third kappa shape index (κ3) is 5.23. The van der Waals surface area contributed by atoms with Crippen LogP contribution >= 0.6 is 11.3 Å². The number of aryl methyl sites for hydroxylation is 1. The van der Waals surface area contributed by atoms with Gasteiger partial charge < -0.3 is 5.32 Å². The van der Waals surface area contributed by atoms with Gasteiger partial charge in [0, 0.05) is 23.7 Å². The number of carbonyl (C=O) groups excluding carboxylic acids is 1. The fourth-order valence-corrected chi connectivity index (χ4v) is 4.32. The Balaban J connectivity index is 1.47. The molecule has 2 aromatic carbocycles. The highest BCUT2D eigenvalue weighted by Gasteiger charge is 2.30. The molecule has 0 bridgehead atoms. The molecule has 4 rings (SSSR count). The molecule has 0 aliphatic heterocycles. The minimum absolute atomic E-state index is 0.0162. The van der Waals surface area contributed by atoms with Crippen molar-refractivity contribution in [2.24, 2.45) is 0 Å². The maximum absolute atomic E-state index is 12.9. The van der Waals surface area contributed by atoms with Gasteiger partial charge in [-0.25, -0.2) is 9.67 Å². The molecule has 0 aliphatic carbocycles. The zero-order valence-electron chi connectivity index (χ0n) is 18.0. The maximum atomic E-state index is 12.9. The van der Waals surface area contributed by atoms with E-state index in [9.17, 15) is 22.8 Å². The minimum Gasteiger partial charge on any atom is -0.350 e. The van der Waals surface area contributed by atoms with Crippen LogP contribution in [0.5, 0.6) is 0 Å². The van der Waals surface area contributed by atoms with Crippen LogP contribution in [0.15, 0.2) is 71.5 Å². The summed E-state index contributed by atoms with van der Waals surface area (Å²) in [4.78, 5) is 30.0. The normalized spacial score (nSPS) is 11.4. The smallest absolute Gasteiger partial charge is 0.350 e. The number of hydrogen-bond donors (Lipinski definition) is 1. The number of benzene rings is 2. The average molecular weight is 485 g/mol. The van der Waals surface area contributed by atoms with E-state index in [0.717, 1.165) is 33.3 Å². The van der Waals surface area contributed by atoms with Crippen molar-refractivity contribution in [3.63, 3.8) is 0 Å². The molecule has 1 amide bonds. The fraction of sp³-hybridized carbons (Fsp3) is 0.167. The third-order valence-corrected chi connectivity index (χ3v) is 6.21. The number of amides is 1. The van der Waals surface area contributed by atoms with Crippen LogP contribution in [0.1, 0.15) is 21.6 Å². The fourth-order valence-electron chi connectivity index (χ4n) is 3.28. The van der Waals surface area contributed by atoms with Crippen molar-refractivity contribution in [3.05, 3.63) is 93.9 Å². The molecule has 6 nitrogen and oxygen atoms in total. The first-order valence-electron chi connectivity index (χ1n) is 10.3. The summed E-state index contributed by atoms with van der Waals surface area (Å²) >= 11 is 1.46. The highest BCUT2D eigenvalue weighted by Crippen LogP contribution is 2.33. The van der Waals surface area contributed by atoms with E-state index in [2.05, 4.69) is 15.4 Å². The van der Waals surface area contributed by atoms with Gasteiger partial charge in [0.1, 0.15) is 10.7 Å². The molecule has 0 unspecified atom stereocenters. The Kier molecular flexibility index (Phi) is 6.60. The van der Waals surface area contributed by atoms with Crippen LogP contribution < -0.4 is 10.9 Å². The molecule has 4 aromatic rings. The molecule has 0 saturated carbocycles. The predicted octanol–water partition coefficient (Wildman–Crippen LogP) is 4.79. The van der Waals surface area contributed by atoms with E-state index in [0.29, 0.717) is 5.69 Å². The lowest BCUT2D eigenvalue weighted by Crippen LogP contribution is -2.32. The Labute approximate surface area is 196 Å². The highest BCUT2D eigenvalue weighted by atomic mass is 32.1. The highest BCUT2D eigenvalue weighted by molar-refractivity contribution is 7.18. The first-order valence-corrected chi connectivity index (χ1v) is 11.1. The molecule has 10 heteroatoms. The van der Waals surface area contributed by atoms with Crippen LogP contribution in [0.3, 0.4) is 0 Å². The number of nitrogens with one attached hydrogen (secondary N) is 1. The van der Waals surface area contributed by atoms with Gasteiger partial charge in [-0.05, 0) is 31.2 Å². The van der Waals surface area contributed by atoms with Crippen molar-refractivity contribution in [1.82, 2.24) is 20.1 Å². The molecule has 0 aliphatic rings. The Morgan fingerprint density at radius 3 is 2.56 bits per heavy atom. The first-order chi connectivity index (χ1) is 16.2. The van der Waals surface area contributed by atoms with E-state index in [1.54, 1.807) is 6.07 Å². The largest absolute Gasteiger partial charge is 0.416 e. The van der Waals surface area contributed by atoms with E-state index >= 15 is 0 Å². The molecule has 34 heavy (non-hydrogen) atoms. The van der Waals surface area contributed by atoms with Gasteiger partial charge in [-0.3, -0.25) is 9.59 Å². The monoisotopic (exact) mass is 484 g/mol. The van der Waals surface area contributed by atoms with Gasteiger partial charge in [-0.15, -0.1) is 11.3 Å². The molecule has 0 spiro atoms. The Bertz CT molecular complexity index is 1380. The van der Waals surface area contributed by atoms with Crippen LogP contribution in [0.25, 0.3) is 21.1 Å². The van der Waals surface area contributed by atoms with Crippen molar-refractivity contribution in [3.8, 4) is 21.1 Å². The van der Waals surface area contributed by atoms with Crippen LogP contribution in [0.4, 0.5) is 13.2 Å². The van der Waals surface area contributed by atoms with Gasteiger partial charge in [0.2, 0.25) is 0 Å². The second-order valence-corrected chi connectivity index (χ2v) is 8.41. The van der Waals surface area contributed by atoms with Crippen LogP contribution in [-0.4, -0.2) is 27.2 Å². The number of halogens is 3. The molecule has 2 heterocycles. The van der Waals surface area contributed by atoms with Gasteiger partial charge in [-0.1, -0.05) is 36.4 Å². The van der Waals surface area contributed by atoms with Crippen LogP contribution in [-0.2, 0) is 12.7 Å². The number of aromatic nitrogens is 3. The Hall–Kier alpha value is -3.79. The standard InChI is InChI=1S/C24H19F3N4O2S/c1-15-21(34-23(29-15)16-6-3-2-4-7-16)19-10-11-20(32)31(30-19)13-12-28-22(33)17-8-5-9-18(14-17)24(25,26)27/h2-11,14H,12-13H2,1H3,(H,28,33). The number of nitrogens with zero attached hydrogens (tertiary/aromatic N) is 3. The SMILES string of the molecule is Cc1nc(-c2ccccc2)sc1-c1ccc(=O)n(CCNC(=O)c2cccc(C(F)(F)F)c2)n1. The minimum atomic E-state index is -4.54. The zero-order valence-corrected chi connectivity index (χ0v) is 18.8. The molecular formula is C24H19F3N4O2S. The molecule has 0 radical (unpaired) electrons. The summed E-state index contributed by atoms with van der Waals surface area (Å²) in [5, 5.41) is 7.77. The first kappa shape index (κ1) is 23.4. The Morgan fingerprint density at radius 1 is 1.06 bits per heavy atom. The molecule has 0 atom stereocenters. The van der Waals surface area contributed by atoms with E-state index in [-0.39, 0.29) is 24.2 Å². The molecule has 0 saturated heterocycles. The van der Waals surface area contributed by atoms with Crippen molar-refractivity contribution in [2.45, 2.75) is 19.6 Å². The van der Waals surface area contributed by atoms with Gasteiger partial charge in [-0.2, -0.15) is 18.3 Å². The van der Waals surface area contributed by atoms with Gasteiger partial charge >= 0.3 is 6.18 Å². The predicted molar refractivity (Wildman–Crippen MR) is 124 cm³/mol. The van der Waals surface area contributed by atoms with E-state index in [1.165, 1.54) is 34.2 Å². The molecule has 1 N–H and O–H groups in total. The topological polar surface area (TPSA) is 76.9 Å². The zero-order chi connectivity index (χ0) is 24.3. The van der Waals surface area contributed by atoms with E-state index in [1.807, 2.05) is 37.3 Å². The second-order valence-electron chi connectivity index (χ2n) is 7.41. The summed E-state index contributed by atoms with van der Waals surface area (Å²) in [6, 6.07) is 16.9. The summed E-state index contributed by atoms with van der Waals surface area (Å²) in [7, 11) is 0. The molecular weight excluding hydrogens is 465 g/mol. The summed E-state index contributed by atoms with van der Waals surface area (Å²) in [5.74, 6) is -0.666. The lowest BCUT2D eigenvalue weighted by molar-refractivity contribution is -0.137. The number of hydrogen-bond acceptors (Lipinski definition) is 5. The van der Waals surface area contributed by atoms with Crippen LogP contribution in [0.2, 0.25) is 0 Å². The summed E-state index contributed by atoms with van der Waals surface area (Å²) in [5.41, 5.74) is 0.952. The van der Waals surface area contributed by atoms with Crippen molar-refractivity contribution < 1.29 is 18.0 Å². The molecule has 2 aromatic heterocycles. The summed E-state index contributed by atoms with van der Waals surface area (Å²) in [6.07, 6.45) is -4.54. The summed E-state index contributed by atoms with van der Waals surface area (Å²) in [6.45, 7) is 1.94. The average Bonchev–Trinajstić information content (AvgIpc) is 3.22. The lowest BCUT2D eigenvalue weighted by atomic mass is 10.1. The van der Waals surface area contributed by atoms with Crippen molar-refractivity contribution in [1.29, 1.82) is 0 Å². The maximum Gasteiger partial charge on any atom is 0.416 e. The second kappa shape index (κ2) is 9.60. The van der Waals surface area contributed by atoms with Gasteiger partial charge in [0.25, 0.3) is 11.5 Å². The third-order valence-electron chi connectivity index (χ3n) is 4.98. The van der Waals surface area contributed by atoms with Gasteiger partial charge in [0.05, 0.1) is 22.7 Å². The summed E-state index contributed by atoms with van der Waals surface area (Å²) < 4.78 is 39.8. The lowest BCUT2D eigenvalue weighted by Gasteiger charge is -2.10. The van der Waals surface area contributed by atoms with Crippen molar-refractivity contribution in [2.75, 3.05) is 6.54 Å². The quantitative estimate of drug-likeness (QED) is 0.427. The van der Waals surface area contributed by atoms with E-state index in [4.69, 9.17) is 0 Å². The number of thiazole rings is 1. The van der Waals surface area contributed by atoms with Crippen molar-refractivity contribution >= 4 is 17.2 Å². The molecule has 0 fully saturated rings. The van der Waals surface area contributed by atoms with Gasteiger partial charge in [0.15, 0.2) is 0 Å². The number of carbonyl (C=O) groups is 1. The number of rotatable bonds is 6. The number of alkyl halides is 3. The molecule has 174 valence electrons. The Morgan fingerprint density at radius 2 is 1.82 bits per heavy atom. The van der Waals surface area contributed by atoms with E-state index < -0.39 is 17.6 Å². The van der Waals surface area contributed by atoms with Crippen LogP contribution in [0, 0.1) is 6.92 Å².